The standard InChI is InChI=1S/C19H19NO2S/c1-14(21)20(22)13-15-7-8-16-9-10-19(12-17(16)11-15)23-18-5-3-2-4-6-18/h2-6,9-12,22H,7-8,13H2,1H3. The second-order valence-electron chi connectivity index (χ2n) is 5.65. The van der Waals surface area contributed by atoms with E-state index in [0.717, 1.165) is 23.5 Å². The van der Waals surface area contributed by atoms with Crippen molar-refractivity contribution in [2.75, 3.05) is 6.54 Å². The van der Waals surface area contributed by atoms with E-state index >= 15 is 0 Å². The summed E-state index contributed by atoms with van der Waals surface area (Å²) in [5.74, 6) is -0.329. The Hall–Kier alpha value is -2.04. The molecule has 0 radical (unpaired) electrons. The van der Waals surface area contributed by atoms with Crippen LogP contribution in [0.5, 0.6) is 0 Å². The molecule has 0 spiro atoms. The summed E-state index contributed by atoms with van der Waals surface area (Å²) in [5, 5.41) is 10.4. The van der Waals surface area contributed by atoms with E-state index in [0.29, 0.717) is 0 Å². The van der Waals surface area contributed by atoms with E-state index in [2.05, 4.69) is 36.4 Å². The van der Waals surface area contributed by atoms with E-state index in [9.17, 15) is 10.0 Å². The molecule has 0 saturated heterocycles. The minimum absolute atomic E-state index is 0.283. The maximum atomic E-state index is 11.2. The van der Waals surface area contributed by atoms with Crippen molar-refractivity contribution in [3.63, 3.8) is 0 Å². The maximum absolute atomic E-state index is 11.2. The van der Waals surface area contributed by atoms with Crippen LogP contribution in [0.4, 0.5) is 0 Å². The Morgan fingerprint density at radius 1 is 1.13 bits per heavy atom. The Labute approximate surface area is 140 Å². The number of fused-ring (bicyclic) bond motifs is 1. The quantitative estimate of drug-likeness (QED) is 0.669. The number of carbonyl (C=O) groups is 1. The van der Waals surface area contributed by atoms with Crippen molar-refractivity contribution in [1.82, 2.24) is 5.06 Å². The average molecular weight is 325 g/mol. The van der Waals surface area contributed by atoms with Crippen molar-refractivity contribution in [1.29, 1.82) is 0 Å². The Morgan fingerprint density at radius 2 is 1.91 bits per heavy atom. The van der Waals surface area contributed by atoms with Gasteiger partial charge >= 0.3 is 0 Å². The van der Waals surface area contributed by atoms with Crippen LogP contribution in [-0.2, 0) is 11.2 Å². The van der Waals surface area contributed by atoms with Crippen LogP contribution in [0.2, 0.25) is 0 Å². The lowest BCUT2D eigenvalue weighted by Gasteiger charge is -2.20. The molecule has 0 bridgehead atoms. The van der Waals surface area contributed by atoms with Crippen LogP contribution < -0.4 is 0 Å². The first-order chi connectivity index (χ1) is 11.1. The molecular weight excluding hydrogens is 306 g/mol. The van der Waals surface area contributed by atoms with Gasteiger partial charge in [0.1, 0.15) is 0 Å². The van der Waals surface area contributed by atoms with Gasteiger partial charge in [0.05, 0.1) is 6.54 Å². The molecule has 3 rings (SSSR count). The fraction of sp³-hybridized carbons (Fsp3) is 0.211. The largest absolute Gasteiger partial charge is 0.286 e. The molecule has 2 aromatic carbocycles. The second kappa shape index (κ2) is 7.02. The predicted molar refractivity (Wildman–Crippen MR) is 92.5 cm³/mol. The van der Waals surface area contributed by atoms with Gasteiger partial charge in [0.15, 0.2) is 0 Å². The lowest BCUT2D eigenvalue weighted by atomic mass is 9.92. The smallest absolute Gasteiger partial charge is 0.243 e. The third-order valence-electron chi connectivity index (χ3n) is 3.89. The summed E-state index contributed by atoms with van der Waals surface area (Å²) >= 11 is 1.74. The van der Waals surface area contributed by atoms with Crippen LogP contribution in [0.3, 0.4) is 0 Å². The number of amides is 1. The number of carbonyl (C=O) groups excluding carboxylic acids is 1. The molecule has 0 saturated carbocycles. The highest BCUT2D eigenvalue weighted by Gasteiger charge is 2.14. The Kier molecular flexibility index (Phi) is 4.84. The predicted octanol–water partition coefficient (Wildman–Crippen LogP) is 4.41. The minimum atomic E-state index is -0.329. The molecule has 118 valence electrons. The summed E-state index contributed by atoms with van der Waals surface area (Å²) in [6.07, 6.45) is 3.92. The van der Waals surface area contributed by atoms with Gasteiger partial charge in [-0.1, -0.05) is 42.1 Å². The molecule has 0 unspecified atom stereocenters. The van der Waals surface area contributed by atoms with E-state index in [4.69, 9.17) is 0 Å². The molecule has 3 nitrogen and oxygen atoms in total. The molecular formula is C19H19NO2S. The van der Waals surface area contributed by atoms with Gasteiger partial charge in [-0.2, -0.15) is 0 Å². The van der Waals surface area contributed by atoms with Crippen LogP contribution in [0.1, 0.15) is 24.5 Å². The first-order valence-electron chi connectivity index (χ1n) is 7.64. The van der Waals surface area contributed by atoms with Crippen molar-refractivity contribution in [2.45, 2.75) is 29.6 Å². The van der Waals surface area contributed by atoms with Crippen molar-refractivity contribution < 1.29 is 10.0 Å². The molecule has 0 aromatic heterocycles. The lowest BCUT2D eigenvalue weighted by molar-refractivity contribution is -0.160. The third kappa shape index (κ3) is 4.03. The van der Waals surface area contributed by atoms with Crippen molar-refractivity contribution in [2.24, 2.45) is 0 Å². The summed E-state index contributed by atoms with van der Waals surface area (Å²) in [7, 11) is 0. The third-order valence-corrected chi connectivity index (χ3v) is 4.89. The Morgan fingerprint density at radius 3 is 2.65 bits per heavy atom. The molecule has 1 N–H and O–H groups in total. The number of benzene rings is 2. The van der Waals surface area contributed by atoms with Crippen LogP contribution in [0.15, 0.2) is 63.9 Å². The Balaban J connectivity index is 1.79. The van der Waals surface area contributed by atoms with Gasteiger partial charge in [0.25, 0.3) is 0 Å². The zero-order valence-electron chi connectivity index (χ0n) is 13.0. The molecule has 23 heavy (non-hydrogen) atoms. The SMILES string of the molecule is CC(=O)N(O)CC1=Cc2cc(Sc3ccccc3)ccc2CC1. The van der Waals surface area contributed by atoms with Crippen LogP contribution >= 0.6 is 11.8 Å². The van der Waals surface area contributed by atoms with Gasteiger partial charge in [-0.25, -0.2) is 5.06 Å². The van der Waals surface area contributed by atoms with E-state index in [1.54, 1.807) is 11.8 Å². The summed E-state index contributed by atoms with van der Waals surface area (Å²) in [5.41, 5.74) is 3.58. The summed E-state index contributed by atoms with van der Waals surface area (Å²) in [6, 6.07) is 16.8. The molecule has 0 fully saturated rings. The number of aryl methyl sites for hydroxylation is 1. The van der Waals surface area contributed by atoms with E-state index in [1.807, 2.05) is 18.2 Å². The number of nitrogens with zero attached hydrogens (tertiary/aromatic N) is 1. The first kappa shape index (κ1) is 15.8. The molecule has 0 aliphatic heterocycles. The van der Waals surface area contributed by atoms with Gasteiger partial charge in [0.2, 0.25) is 5.91 Å². The zero-order valence-corrected chi connectivity index (χ0v) is 13.8. The first-order valence-corrected chi connectivity index (χ1v) is 8.46. The van der Waals surface area contributed by atoms with Crippen LogP contribution in [0, 0.1) is 0 Å². The highest BCUT2D eigenvalue weighted by molar-refractivity contribution is 7.99. The summed E-state index contributed by atoms with van der Waals surface area (Å²) in [6.45, 7) is 1.65. The van der Waals surface area contributed by atoms with E-state index in [1.165, 1.54) is 27.8 Å². The topological polar surface area (TPSA) is 40.5 Å². The summed E-state index contributed by atoms with van der Waals surface area (Å²) in [4.78, 5) is 13.6. The monoisotopic (exact) mass is 325 g/mol. The minimum Gasteiger partial charge on any atom is -0.286 e. The average Bonchev–Trinajstić information content (AvgIpc) is 2.55. The molecule has 0 heterocycles. The van der Waals surface area contributed by atoms with Crippen LogP contribution in [0.25, 0.3) is 6.08 Å². The van der Waals surface area contributed by atoms with E-state index < -0.39 is 0 Å². The lowest BCUT2D eigenvalue weighted by Crippen LogP contribution is -2.27. The highest BCUT2D eigenvalue weighted by atomic mass is 32.2. The number of hydrogen-bond donors (Lipinski definition) is 1. The molecule has 1 amide bonds. The van der Waals surface area contributed by atoms with Gasteiger partial charge in [-0.3, -0.25) is 10.0 Å². The maximum Gasteiger partial charge on any atom is 0.243 e. The summed E-state index contributed by atoms with van der Waals surface area (Å²) < 4.78 is 0. The number of hydrogen-bond acceptors (Lipinski definition) is 3. The molecule has 2 aromatic rings. The molecule has 1 aliphatic rings. The van der Waals surface area contributed by atoms with E-state index in [-0.39, 0.29) is 12.5 Å². The fourth-order valence-corrected chi connectivity index (χ4v) is 3.53. The van der Waals surface area contributed by atoms with Gasteiger partial charge in [-0.05, 0) is 53.8 Å². The zero-order chi connectivity index (χ0) is 16.2. The second-order valence-corrected chi connectivity index (χ2v) is 6.80. The normalized spacial score (nSPS) is 13.2. The van der Waals surface area contributed by atoms with Gasteiger partial charge < -0.3 is 0 Å². The fourth-order valence-electron chi connectivity index (χ4n) is 2.64. The highest BCUT2D eigenvalue weighted by Crippen LogP contribution is 2.32. The number of rotatable bonds is 4. The molecule has 0 atom stereocenters. The molecule has 4 heteroatoms. The van der Waals surface area contributed by atoms with Crippen LogP contribution in [-0.4, -0.2) is 22.7 Å². The number of hydroxylamine groups is 2. The van der Waals surface area contributed by atoms with Crippen molar-refractivity contribution in [3.05, 3.63) is 65.2 Å². The Bertz CT molecular complexity index is 740. The van der Waals surface area contributed by atoms with Crippen molar-refractivity contribution >= 4 is 23.7 Å². The van der Waals surface area contributed by atoms with Gasteiger partial charge in [0, 0.05) is 16.7 Å². The molecule has 1 aliphatic carbocycles. The van der Waals surface area contributed by atoms with Gasteiger partial charge in [-0.15, -0.1) is 0 Å². The van der Waals surface area contributed by atoms with Crippen molar-refractivity contribution in [3.8, 4) is 0 Å².